The summed E-state index contributed by atoms with van der Waals surface area (Å²) in [6.07, 6.45) is 1.56. The maximum atomic E-state index is 12.4. The Morgan fingerprint density at radius 2 is 1.07 bits per heavy atom. The quantitative estimate of drug-likeness (QED) is 0.417. The van der Waals surface area contributed by atoms with E-state index in [1.54, 1.807) is 81.0 Å². The van der Waals surface area contributed by atoms with Gasteiger partial charge in [0.05, 0.1) is 25.3 Å². The van der Waals surface area contributed by atoms with Crippen molar-refractivity contribution in [3.63, 3.8) is 0 Å². The molecule has 3 rings (SSSR count). The SMILES string of the molecule is C=Cc1cc(OC(=O)c2ccc(OC)cc2)cc(OC(=O)c2ccc(OC)cc2)c1. The second-order valence-corrected chi connectivity index (χ2v) is 6.18. The van der Waals surface area contributed by atoms with Crippen molar-refractivity contribution >= 4 is 18.0 Å². The van der Waals surface area contributed by atoms with Crippen molar-refractivity contribution in [1.82, 2.24) is 0 Å². The first-order valence-corrected chi connectivity index (χ1v) is 9.02. The highest BCUT2D eigenvalue weighted by molar-refractivity contribution is 5.92. The van der Waals surface area contributed by atoms with Crippen LogP contribution < -0.4 is 18.9 Å². The van der Waals surface area contributed by atoms with Crippen LogP contribution in [0, 0.1) is 0 Å². The molecule has 0 aliphatic carbocycles. The van der Waals surface area contributed by atoms with E-state index in [0.29, 0.717) is 28.2 Å². The molecule has 3 aromatic carbocycles. The van der Waals surface area contributed by atoms with Crippen LogP contribution in [-0.4, -0.2) is 26.2 Å². The topological polar surface area (TPSA) is 71.1 Å². The fraction of sp³-hybridized carbons (Fsp3) is 0.0833. The Kier molecular flexibility index (Phi) is 6.49. The lowest BCUT2D eigenvalue weighted by atomic mass is 10.2. The van der Waals surface area contributed by atoms with E-state index in [1.165, 1.54) is 6.07 Å². The molecule has 0 saturated heterocycles. The van der Waals surface area contributed by atoms with Gasteiger partial charge in [0, 0.05) is 6.07 Å². The summed E-state index contributed by atoms with van der Waals surface area (Å²) < 4.78 is 21.0. The smallest absolute Gasteiger partial charge is 0.343 e. The van der Waals surface area contributed by atoms with Crippen LogP contribution in [0.4, 0.5) is 0 Å². The highest BCUT2D eigenvalue weighted by Gasteiger charge is 2.13. The van der Waals surface area contributed by atoms with Gasteiger partial charge in [-0.15, -0.1) is 0 Å². The number of methoxy groups -OCH3 is 2. The Hall–Kier alpha value is -4.06. The molecule has 0 heterocycles. The molecule has 0 radical (unpaired) electrons. The molecule has 6 nitrogen and oxygen atoms in total. The first kappa shape index (κ1) is 20.7. The molecule has 0 aromatic heterocycles. The van der Waals surface area contributed by atoms with Crippen LogP contribution in [0.25, 0.3) is 6.08 Å². The number of hydrogen-bond donors (Lipinski definition) is 0. The summed E-state index contributed by atoms with van der Waals surface area (Å²) in [5.41, 5.74) is 1.35. The second kappa shape index (κ2) is 9.43. The van der Waals surface area contributed by atoms with Crippen molar-refractivity contribution in [2.24, 2.45) is 0 Å². The predicted octanol–water partition coefficient (Wildman–Crippen LogP) is 4.79. The summed E-state index contributed by atoms with van der Waals surface area (Å²) in [5.74, 6) is 0.620. The molecule has 0 aliphatic heterocycles. The zero-order chi connectivity index (χ0) is 21.5. The summed E-state index contributed by atoms with van der Waals surface area (Å²) in [4.78, 5) is 24.8. The molecule has 0 fully saturated rings. The number of esters is 2. The fourth-order valence-electron chi connectivity index (χ4n) is 2.62. The molecule has 0 saturated carbocycles. The van der Waals surface area contributed by atoms with E-state index in [9.17, 15) is 9.59 Å². The van der Waals surface area contributed by atoms with Crippen LogP contribution in [0.1, 0.15) is 26.3 Å². The van der Waals surface area contributed by atoms with Crippen molar-refractivity contribution in [1.29, 1.82) is 0 Å². The average molecular weight is 404 g/mol. The minimum atomic E-state index is -0.550. The molecular weight excluding hydrogens is 384 g/mol. The summed E-state index contributed by atoms with van der Waals surface area (Å²) in [7, 11) is 3.09. The largest absolute Gasteiger partial charge is 0.497 e. The lowest BCUT2D eigenvalue weighted by molar-refractivity contribution is 0.0733. The molecule has 0 aliphatic rings. The summed E-state index contributed by atoms with van der Waals surface area (Å²) in [5, 5.41) is 0. The van der Waals surface area contributed by atoms with Gasteiger partial charge in [-0.05, 0) is 66.2 Å². The maximum absolute atomic E-state index is 12.4. The van der Waals surface area contributed by atoms with Gasteiger partial charge in [-0.25, -0.2) is 9.59 Å². The van der Waals surface area contributed by atoms with E-state index in [1.807, 2.05) is 0 Å². The third-order valence-electron chi connectivity index (χ3n) is 4.21. The first-order chi connectivity index (χ1) is 14.5. The van der Waals surface area contributed by atoms with Crippen molar-refractivity contribution < 1.29 is 28.5 Å². The zero-order valence-electron chi connectivity index (χ0n) is 16.6. The summed E-state index contributed by atoms with van der Waals surface area (Å²) in [6, 6.07) is 17.8. The van der Waals surface area contributed by atoms with Gasteiger partial charge in [0.15, 0.2) is 0 Å². The summed E-state index contributed by atoms with van der Waals surface area (Å²) >= 11 is 0. The van der Waals surface area contributed by atoms with E-state index < -0.39 is 11.9 Å². The molecule has 0 spiro atoms. The van der Waals surface area contributed by atoms with Crippen molar-refractivity contribution in [3.8, 4) is 23.0 Å². The number of benzene rings is 3. The predicted molar refractivity (Wildman–Crippen MR) is 112 cm³/mol. The number of carbonyl (C=O) groups excluding carboxylic acids is 2. The van der Waals surface area contributed by atoms with Gasteiger partial charge in [-0.3, -0.25) is 0 Å². The molecule has 3 aromatic rings. The van der Waals surface area contributed by atoms with Crippen LogP contribution >= 0.6 is 0 Å². The Balaban J connectivity index is 1.77. The summed E-state index contributed by atoms with van der Waals surface area (Å²) in [6.45, 7) is 3.72. The highest BCUT2D eigenvalue weighted by Crippen LogP contribution is 2.26. The number of rotatable bonds is 7. The molecule has 0 atom stereocenters. The molecule has 30 heavy (non-hydrogen) atoms. The number of hydrogen-bond acceptors (Lipinski definition) is 6. The van der Waals surface area contributed by atoms with Crippen LogP contribution in [0.3, 0.4) is 0 Å². The Labute approximate surface area is 174 Å². The van der Waals surface area contributed by atoms with Crippen LogP contribution in [-0.2, 0) is 0 Å². The normalized spacial score (nSPS) is 10.1. The zero-order valence-corrected chi connectivity index (χ0v) is 16.6. The van der Waals surface area contributed by atoms with E-state index in [2.05, 4.69) is 6.58 Å². The molecular formula is C24H20O6. The second-order valence-electron chi connectivity index (χ2n) is 6.18. The van der Waals surface area contributed by atoms with Crippen LogP contribution in [0.15, 0.2) is 73.3 Å². The Morgan fingerprint density at radius 3 is 1.40 bits per heavy atom. The van der Waals surface area contributed by atoms with Crippen LogP contribution in [0.5, 0.6) is 23.0 Å². The van der Waals surface area contributed by atoms with E-state index in [-0.39, 0.29) is 11.5 Å². The van der Waals surface area contributed by atoms with Crippen molar-refractivity contribution in [2.45, 2.75) is 0 Å². The van der Waals surface area contributed by atoms with Gasteiger partial charge in [-0.2, -0.15) is 0 Å². The Morgan fingerprint density at radius 1 is 0.667 bits per heavy atom. The van der Waals surface area contributed by atoms with Gasteiger partial charge in [0.1, 0.15) is 23.0 Å². The minimum Gasteiger partial charge on any atom is -0.497 e. The standard InChI is InChI=1S/C24H20O6/c1-4-16-13-21(29-23(25)17-5-9-19(27-2)10-6-17)15-22(14-16)30-24(26)18-7-11-20(28-3)12-8-18/h4-15H,1H2,2-3H3. The van der Waals surface area contributed by atoms with Gasteiger partial charge in [-0.1, -0.05) is 12.7 Å². The van der Waals surface area contributed by atoms with Crippen molar-refractivity contribution in [2.75, 3.05) is 14.2 Å². The highest BCUT2D eigenvalue weighted by atomic mass is 16.5. The average Bonchev–Trinajstić information content (AvgIpc) is 2.78. The van der Waals surface area contributed by atoms with E-state index in [0.717, 1.165) is 0 Å². The molecule has 0 unspecified atom stereocenters. The molecule has 6 heteroatoms. The lowest BCUT2D eigenvalue weighted by Crippen LogP contribution is -2.10. The molecule has 0 amide bonds. The maximum Gasteiger partial charge on any atom is 0.343 e. The number of carbonyl (C=O) groups is 2. The fourth-order valence-corrected chi connectivity index (χ4v) is 2.62. The molecule has 152 valence electrons. The minimum absolute atomic E-state index is 0.228. The van der Waals surface area contributed by atoms with Gasteiger partial charge in [0.25, 0.3) is 0 Å². The van der Waals surface area contributed by atoms with Crippen LogP contribution in [0.2, 0.25) is 0 Å². The molecule has 0 N–H and O–H groups in total. The first-order valence-electron chi connectivity index (χ1n) is 9.02. The lowest BCUT2D eigenvalue weighted by Gasteiger charge is -2.10. The molecule has 0 bridgehead atoms. The Bertz CT molecular complexity index is 972. The van der Waals surface area contributed by atoms with E-state index in [4.69, 9.17) is 18.9 Å². The van der Waals surface area contributed by atoms with Gasteiger partial charge < -0.3 is 18.9 Å². The monoisotopic (exact) mass is 404 g/mol. The van der Waals surface area contributed by atoms with Crippen molar-refractivity contribution in [3.05, 3.63) is 90.0 Å². The third kappa shape index (κ3) is 5.05. The third-order valence-corrected chi connectivity index (χ3v) is 4.21. The van der Waals surface area contributed by atoms with Gasteiger partial charge in [0.2, 0.25) is 0 Å². The number of ether oxygens (including phenoxy) is 4. The van der Waals surface area contributed by atoms with Gasteiger partial charge >= 0.3 is 11.9 Å². The van der Waals surface area contributed by atoms with E-state index >= 15 is 0 Å².